The van der Waals surface area contributed by atoms with Crippen molar-refractivity contribution in [1.29, 1.82) is 0 Å². The quantitative estimate of drug-likeness (QED) is 0.693. The van der Waals surface area contributed by atoms with Crippen LogP contribution in [0.2, 0.25) is 0 Å². The molecular formula is C10H14N4O4. The van der Waals surface area contributed by atoms with E-state index >= 15 is 0 Å². The zero-order chi connectivity index (χ0) is 13.1. The van der Waals surface area contributed by atoms with Crippen molar-refractivity contribution in [3.05, 3.63) is 5.69 Å². The van der Waals surface area contributed by atoms with Crippen molar-refractivity contribution < 1.29 is 19.3 Å². The lowest BCUT2D eigenvalue weighted by Crippen LogP contribution is -2.39. The molecule has 0 radical (unpaired) electrons. The van der Waals surface area contributed by atoms with E-state index in [1.54, 1.807) is 0 Å². The summed E-state index contributed by atoms with van der Waals surface area (Å²) in [6, 6.07) is -0.0517. The minimum absolute atomic E-state index is 0.0321. The average molecular weight is 254 g/mol. The molecule has 1 fully saturated rings. The molecule has 18 heavy (non-hydrogen) atoms. The van der Waals surface area contributed by atoms with Gasteiger partial charge >= 0.3 is 5.97 Å². The van der Waals surface area contributed by atoms with Gasteiger partial charge in [-0.2, -0.15) is 0 Å². The fourth-order valence-electron chi connectivity index (χ4n) is 2.09. The number of hydrogen-bond acceptors (Lipinski definition) is 6. The number of nitrogen functional groups attached to an aromatic ring is 1. The zero-order valence-electron chi connectivity index (χ0n) is 9.63. The van der Waals surface area contributed by atoms with Crippen LogP contribution < -0.4 is 11.1 Å². The Balaban J connectivity index is 1.87. The molecule has 0 spiro atoms. The Morgan fingerprint density at radius 2 is 1.94 bits per heavy atom. The molecule has 1 aromatic rings. The molecule has 0 atom stereocenters. The molecule has 98 valence electrons. The van der Waals surface area contributed by atoms with Crippen LogP contribution in [-0.2, 0) is 4.79 Å². The molecule has 1 aliphatic rings. The molecule has 0 aliphatic heterocycles. The molecule has 0 saturated heterocycles. The van der Waals surface area contributed by atoms with Crippen LogP contribution in [0.3, 0.4) is 0 Å². The fourth-order valence-corrected chi connectivity index (χ4v) is 2.09. The van der Waals surface area contributed by atoms with Gasteiger partial charge in [0, 0.05) is 6.04 Å². The van der Waals surface area contributed by atoms with Crippen molar-refractivity contribution in [2.24, 2.45) is 5.92 Å². The second kappa shape index (κ2) is 5.03. The molecule has 1 saturated carbocycles. The van der Waals surface area contributed by atoms with Crippen LogP contribution in [0, 0.1) is 5.92 Å². The number of amides is 1. The smallest absolute Gasteiger partial charge is 0.306 e. The molecule has 0 unspecified atom stereocenters. The lowest BCUT2D eigenvalue weighted by Gasteiger charge is -2.26. The predicted molar refractivity (Wildman–Crippen MR) is 59.6 cm³/mol. The number of nitrogens with two attached hydrogens (primary N) is 1. The molecule has 0 aromatic carbocycles. The minimum Gasteiger partial charge on any atom is -0.481 e. The Morgan fingerprint density at radius 1 is 1.28 bits per heavy atom. The summed E-state index contributed by atoms with van der Waals surface area (Å²) in [7, 11) is 0. The molecule has 2 rings (SSSR count). The molecule has 0 bridgehead atoms. The van der Waals surface area contributed by atoms with Crippen molar-refractivity contribution in [2.75, 3.05) is 5.73 Å². The van der Waals surface area contributed by atoms with Crippen LogP contribution in [0.1, 0.15) is 36.2 Å². The van der Waals surface area contributed by atoms with E-state index in [1.807, 2.05) is 0 Å². The highest BCUT2D eigenvalue weighted by molar-refractivity contribution is 5.96. The maximum absolute atomic E-state index is 11.7. The van der Waals surface area contributed by atoms with Crippen LogP contribution in [-0.4, -0.2) is 33.3 Å². The van der Waals surface area contributed by atoms with Crippen LogP contribution in [0.5, 0.6) is 0 Å². The standard InChI is InChI=1S/C10H14N4O4/c11-8-7(13-18-14-8)9(15)12-6-3-1-5(2-4-6)10(16)17/h5-6H,1-4H2,(H2,11,14)(H,12,15)(H,16,17). The third-order valence-electron chi connectivity index (χ3n) is 3.14. The largest absolute Gasteiger partial charge is 0.481 e. The predicted octanol–water partition coefficient (Wildman–Crippen LogP) is 0.0250. The second-order valence-electron chi connectivity index (χ2n) is 4.36. The van der Waals surface area contributed by atoms with Crippen molar-refractivity contribution >= 4 is 17.7 Å². The van der Waals surface area contributed by atoms with Crippen molar-refractivity contribution in [3.63, 3.8) is 0 Å². The third kappa shape index (κ3) is 2.58. The summed E-state index contributed by atoms with van der Waals surface area (Å²) in [5, 5.41) is 18.3. The fraction of sp³-hybridized carbons (Fsp3) is 0.600. The molecule has 1 aliphatic carbocycles. The Kier molecular flexibility index (Phi) is 3.45. The average Bonchev–Trinajstić information content (AvgIpc) is 2.76. The first-order valence-electron chi connectivity index (χ1n) is 5.69. The summed E-state index contributed by atoms with van der Waals surface area (Å²) in [5.74, 6) is -1.57. The van der Waals surface area contributed by atoms with Gasteiger partial charge in [0.2, 0.25) is 11.5 Å². The maximum Gasteiger partial charge on any atom is 0.306 e. The Labute approximate surface area is 102 Å². The van der Waals surface area contributed by atoms with Gasteiger partial charge in [0.05, 0.1) is 5.92 Å². The number of rotatable bonds is 3. The van der Waals surface area contributed by atoms with Gasteiger partial charge in [-0.1, -0.05) is 0 Å². The van der Waals surface area contributed by atoms with E-state index in [9.17, 15) is 9.59 Å². The van der Waals surface area contributed by atoms with Crippen molar-refractivity contribution in [2.45, 2.75) is 31.7 Å². The van der Waals surface area contributed by atoms with Crippen molar-refractivity contribution in [3.8, 4) is 0 Å². The number of carbonyl (C=O) groups is 2. The number of nitrogens with zero attached hydrogens (tertiary/aromatic N) is 2. The first kappa shape index (κ1) is 12.3. The Hall–Kier alpha value is -2.12. The SMILES string of the molecule is Nc1nonc1C(=O)NC1CCC(C(=O)O)CC1. The molecular weight excluding hydrogens is 240 g/mol. The van der Waals surface area contributed by atoms with Crippen LogP contribution in [0.15, 0.2) is 4.63 Å². The number of anilines is 1. The van der Waals surface area contributed by atoms with E-state index in [2.05, 4.69) is 20.3 Å². The summed E-state index contributed by atoms with van der Waals surface area (Å²) < 4.78 is 4.34. The molecule has 4 N–H and O–H groups in total. The summed E-state index contributed by atoms with van der Waals surface area (Å²) in [5.41, 5.74) is 5.37. The molecule has 8 heteroatoms. The monoisotopic (exact) mass is 254 g/mol. The van der Waals surface area contributed by atoms with Gasteiger partial charge in [-0.3, -0.25) is 9.59 Å². The highest BCUT2D eigenvalue weighted by atomic mass is 16.6. The number of carbonyl (C=O) groups excluding carboxylic acids is 1. The molecule has 1 amide bonds. The highest BCUT2D eigenvalue weighted by Crippen LogP contribution is 2.24. The number of hydrogen-bond donors (Lipinski definition) is 3. The summed E-state index contributed by atoms with van der Waals surface area (Å²) in [6.45, 7) is 0. The number of carboxylic acids is 1. The number of nitrogens with one attached hydrogen (secondary N) is 1. The highest BCUT2D eigenvalue weighted by Gasteiger charge is 2.28. The second-order valence-corrected chi connectivity index (χ2v) is 4.36. The first-order chi connectivity index (χ1) is 8.58. The maximum atomic E-state index is 11.7. The summed E-state index contributed by atoms with van der Waals surface area (Å²) in [6.07, 6.45) is 2.39. The first-order valence-corrected chi connectivity index (χ1v) is 5.69. The summed E-state index contributed by atoms with van der Waals surface area (Å²) in [4.78, 5) is 22.5. The van der Waals surface area contributed by atoms with Gasteiger partial charge < -0.3 is 16.2 Å². The van der Waals surface area contributed by atoms with Gasteiger partial charge in [0.15, 0.2) is 0 Å². The minimum atomic E-state index is -0.773. The van der Waals surface area contributed by atoms with E-state index in [4.69, 9.17) is 10.8 Å². The van der Waals surface area contributed by atoms with E-state index < -0.39 is 11.9 Å². The van der Waals surface area contributed by atoms with Gasteiger partial charge in [0.1, 0.15) is 0 Å². The zero-order valence-corrected chi connectivity index (χ0v) is 9.63. The van der Waals surface area contributed by atoms with Gasteiger partial charge in [-0.15, -0.1) is 0 Å². The van der Waals surface area contributed by atoms with Gasteiger partial charge in [-0.05, 0) is 36.0 Å². The van der Waals surface area contributed by atoms with Crippen LogP contribution in [0.25, 0.3) is 0 Å². The number of carboxylic acid groups (broad SMARTS) is 1. The molecule has 1 aromatic heterocycles. The molecule has 1 heterocycles. The summed E-state index contributed by atoms with van der Waals surface area (Å²) >= 11 is 0. The van der Waals surface area contributed by atoms with E-state index in [0.29, 0.717) is 25.7 Å². The van der Waals surface area contributed by atoms with Crippen LogP contribution >= 0.6 is 0 Å². The van der Waals surface area contributed by atoms with Gasteiger partial charge in [-0.25, -0.2) is 4.63 Å². The van der Waals surface area contributed by atoms with E-state index in [1.165, 1.54) is 0 Å². The lowest BCUT2D eigenvalue weighted by atomic mass is 9.86. The number of aromatic nitrogens is 2. The van der Waals surface area contributed by atoms with Gasteiger partial charge in [0.25, 0.3) is 5.91 Å². The normalized spacial score (nSPS) is 23.6. The van der Waals surface area contributed by atoms with Crippen molar-refractivity contribution in [1.82, 2.24) is 15.6 Å². The molecule has 8 nitrogen and oxygen atoms in total. The van der Waals surface area contributed by atoms with E-state index in [0.717, 1.165) is 0 Å². The Bertz CT molecular complexity index is 450. The Morgan fingerprint density at radius 3 is 2.44 bits per heavy atom. The van der Waals surface area contributed by atoms with Crippen LogP contribution in [0.4, 0.5) is 5.82 Å². The van der Waals surface area contributed by atoms with E-state index in [-0.39, 0.29) is 23.5 Å². The third-order valence-corrected chi connectivity index (χ3v) is 3.14. The lowest BCUT2D eigenvalue weighted by molar-refractivity contribution is -0.142. The topological polar surface area (TPSA) is 131 Å². The number of aliphatic carboxylic acids is 1.